The normalized spacial score (nSPS) is 12.0. The maximum atomic E-state index is 3.94. The van der Waals surface area contributed by atoms with Crippen LogP contribution in [0.5, 0.6) is 0 Å². The molecule has 1 radical (unpaired) electrons. The van der Waals surface area contributed by atoms with Gasteiger partial charge in [0.15, 0.2) is 7.28 Å². The van der Waals surface area contributed by atoms with Crippen molar-refractivity contribution in [2.75, 3.05) is 5.32 Å². The smallest absolute Gasteiger partial charge is 0.243 e. The van der Waals surface area contributed by atoms with Crippen LogP contribution in [-0.2, 0) is 11.8 Å². The molecule has 0 amide bonds. The van der Waals surface area contributed by atoms with Crippen molar-refractivity contribution in [2.45, 2.75) is 104 Å². The number of rotatable bonds is 16. The number of unbranched alkanes of at least 4 members (excludes halogenated alkanes) is 5. The number of benzene rings is 5. The first-order chi connectivity index (χ1) is 23.8. The summed E-state index contributed by atoms with van der Waals surface area (Å²) in [6.07, 6.45) is 10.1. The second kappa shape index (κ2) is 17.6. The fourth-order valence-electron chi connectivity index (χ4n) is 6.82. The predicted molar refractivity (Wildman–Crippen MR) is 220 cm³/mol. The second-order valence-corrected chi connectivity index (χ2v) is 15.0. The Balaban J connectivity index is 1.52. The Labute approximate surface area is 299 Å². The Kier molecular flexibility index (Phi) is 13.1. The van der Waals surface area contributed by atoms with E-state index in [1.807, 2.05) is 0 Å². The maximum Gasteiger partial charge on any atom is 0.243 e. The molecule has 0 aliphatic rings. The zero-order valence-corrected chi connectivity index (χ0v) is 30.9. The molecule has 49 heavy (non-hydrogen) atoms. The molecule has 0 aliphatic carbocycles. The highest BCUT2D eigenvalue weighted by Crippen LogP contribution is 2.22. The Morgan fingerprint density at radius 3 is 2.00 bits per heavy atom. The van der Waals surface area contributed by atoms with Crippen LogP contribution in [0, 0.1) is 0 Å². The van der Waals surface area contributed by atoms with Crippen molar-refractivity contribution in [1.29, 1.82) is 0 Å². The van der Waals surface area contributed by atoms with Crippen molar-refractivity contribution in [3.8, 4) is 0 Å². The van der Waals surface area contributed by atoms with Gasteiger partial charge in [-0.15, -0.1) is 0 Å². The minimum Gasteiger partial charge on any atom is -0.356 e. The number of para-hydroxylation sites is 1. The molecule has 0 saturated carbocycles. The van der Waals surface area contributed by atoms with Crippen LogP contribution in [0.1, 0.15) is 109 Å². The summed E-state index contributed by atoms with van der Waals surface area (Å²) in [6.45, 7) is 13.8. The third-order valence-electron chi connectivity index (χ3n) is 10.2. The van der Waals surface area contributed by atoms with Crippen molar-refractivity contribution in [3.63, 3.8) is 0 Å². The van der Waals surface area contributed by atoms with Gasteiger partial charge >= 0.3 is 0 Å². The van der Waals surface area contributed by atoms with Crippen LogP contribution in [0.25, 0.3) is 0 Å². The van der Waals surface area contributed by atoms with Crippen molar-refractivity contribution in [1.82, 2.24) is 0 Å². The van der Waals surface area contributed by atoms with Gasteiger partial charge < -0.3 is 5.32 Å². The first kappa shape index (κ1) is 36.3. The van der Waals surface area contributed by atoms with E-state index in [4.69, 9.17) is 0 Å². The third kappa shape index (κ3) is 10.0. The number of nitrogens with one attached hydrogen (secondary N) is 1. The lowest BCUT2D eigenvalue weighted by Gasteiger charge is -2.24. The highest BCUT2D eigenvalue weighted by atomic mass is 14.9. The van der Waals surface area contributed by atoms with Gasteiger partial charge in [0.2, 0.25) is 6.71 Å². The number of aryl methyl sites for hydroxylation is 1. The molecule has 1 N–H and O–H groups in total. The molecule has 1 unspecified atom stereocenters. The van der Waals surface area contributed by atoms with Crippen LogP contribution in [-0.4, -0.2) is 14.0 Å². The lowest BCUT2D eigenvalue weighted by atomic mass is 9.36. The van der Waals surface area contributed by atoms with E-state index in [0.717, 1.165) is 24.2 Å². The average Bonchev–Trinajstić information content (AvgIpc) is 3.12. The molecule has 0 aromatic heterocycles. The monoisotopic (exact) mass is 644 g/mol. The van der Waals surface area contributed by atoms with Crippen LogP contribution in [0.3, 0.4) is 0 Å². The molecule has 5 aromatic carbocycles. The van der Waals surface area contributed by atoms with Crippen LogP contribution in [0.4, 0.5) is 11.4 Å². The van der Waals surface area contributed by atoms with Crippen molar-refractivity contribution < 1.29 is 0 Å². The molecule has 5 rings (SSSR count). The van der Waals surface area contributed by atoms with Crippen molar-refractivity contribution in [3.05, 3.63) is 138 Å². The Morgan fingerprint density at radius 2 is 1.31 bits per heavy atom. The quantitative estimate of drug-likeness (QED) is 0.0834. The molecule has 1 nitrogen and oxygen atoms in total. The number of hydrogen-bond donors (Lipinski definition) is 1. The minimum atomic E-state index is 0.103. The fraction of sp³-hybridized carbons (Fsp3) is 0.348. The molecule has 0 heterocycles. The fourth-order valence-corrected chi connectivity index (χ4v) is 6.82. The van der Waals surface area contributed by atoms with Crippen molar-refractivity contribution in [2.24, 2.45) is 0 Å². The van der Waals surface area contributed by atoms with E-state index in [2.05, 4.69) is 175 Å². The summed E-state index contributed by atoms with van der Waals surface area (Å²) in [5.41, 5.74) is 12.9. The van der Waals surface area contributed by atoms with E-state index in [9.17, 15) is 0 Å². The van der Waals surface area contributed by atoms with Gasteiger partial charge in [0.25, 0.3) is 0 Å². The molecular formula is C46H56B2N. The number of hydrogen-bond acceptors (Lipinski definition) is 1. The lowest BCUT2D eigenvalue weighted by Crippen LogP contribution is -2.52. The zero-order chi connectivity index (χ0) is 34.6. The molecule has 251 valence electrons. The summed E-state index contributed by atoms with van der Waals surface area (Å²) in [7, 11) is 2.30. The summed E-state index contributed by atoms with van der Waals surface area (Å²) in [5, 5.41) is 3.94. The van der Waals surface area contributed by atoms with Crippen molar-refractivity contribution >= 4 is 52.7 Å². The number of anilines is 2. The Bertz CT molecular complexity index is 1720. The lowest BCUT2D eigenvalue weighted by molar-refractivity contribution is 0.590. The average molecular weight is 645 g/mol. The standard InChI is InChI=1S/C46H56B2N/c1-7-9-10-11-12-14-19-36-24-33-45(49-44-23-18-17-22-42(44)47-39-29-25-37(26-30-39)35(3)8-2)43(34-36)48(40-20-15-13-16-21-40)41-31-27-38(28-32-41)46(4,5)6/h13,15-18,20-35,49H,7-12,14,19H2,1-6H3. The van der Waals surface area contributed by atoms with Gasteiger partial charge in [-0.25, -0.2) is 0 Å². The molecule has 1 atom stereocenters. The summed E-state index contributed by atoms with van der Waals surface area (Å²) in [5.74, 6) is 0.577. The van der Waals surface area contributed by atoms with Gasteiger partial charge in [0, 0.05) is 11.4 Å². The van der Waals surface area contributed by atoms with Gasteiger partial charge in [0.1, 0.15) is 0 Å². The summed E-state index contributed by atoms with van der Waals surface area (Å²) < 4.78 is 0. The van der Waals surface area contributed by atoms with Crippen LogP contribution in [0.2, 0.25) is 0 Å². The topological polar surface area (TPSA) is 12.0 Å². The van der Waals surface area contributed by atoms with Gasteiger partial charge in [-0.2, -0.15) is 0 Å². The molecule has 0 aliphatic heterocycles. The van der Waals surface area contributed by atoms with Crippen LogP contribution < -0.4 is 32.6 Å². The maximum absolute atomic E-state index is 3.94. The van der Waals surface area contributed by atoms with E-state index in [0.29, 0.717) is 5.92 Å². The highest BCUT2D eigenvalue weighted by Gasteiger charge is 2.26. The van der Waals surface area contributed by atoms with E-state index >= 15 is 0 Å². The molecule has 3 heteroatoms. The van der Waals surface area contributed by atoms with E-state index in [-0.39, 0.29) is 12.1 Å². The summed E-state index contributed by atoms with van der Waals surface area (Å²) >= 11 is 0. The van der Waals surface area contributed by atoms with E-state index in [1.165, 1.54) is 82.5 Å². The van der Waals surface area contributed by atoms with Gasteiger partial charge in [-0.05, 0) is 64.9 Å². The molecule has 0 bridgehead atoms. The molecule has 0 saturated heterocycles. The van der Waals surface area contributed by atoms with Crippen LogP contribution in [0.15, 0.2) is 121 Å². The summed E-state index contributed by atoms with van der Waals surface area (Å²) in [6, 6.07) is 45.4. The molecule has 5 aromatic rings. The molecule has 0 spiro atoms. The first-order valence-electron chi connectivity index (χ1n) is 18.9. The third-order valence-corrected chi connectivity index (χ3v) is 10.2. The predicted octanol–water partition coefficient (Wildman–Crippen LogP) is 9.32. The van der Waals surface area contributed by atoms with Crippen LogP contribution >= 0.6 is 0 Å². The minimum absolute atomic E-state index is 0.103. The largest absolute Gasteiger partial charge is 0.356 e. The van der Waals surface area contributed by atoms with Gasteiger partial charge in [-0.1, -0.05) is 205 Å². The Hall–Kier alpha value is -3.97. The highest BCUT2D eigenvalue weighted by molar-refractivity contribution is 6.96. The van der Waals surface area contributed by atoms with E-state index in [1.54, 1.807) is 0 Å². The van der Waals surface area contributed by atoms with Gasteiger partial charge in [-0.3, -0.25) is 0 Å². The van der Waals surface area contributed by atoms with Gasteiger partial charge in [0.05, 0.1) is 0 Å². The second-order valence-electron chi connectivity index (χ2n) is 15.0. The first-order valence-corrected chi connectivity index (χ1v) is 18.9. The zero-order valence-electron chi connectivity index (χ0n) is 30.9. The van der Waals surface area contributed by atoms with E-state index < -0.39 is 0 Å². The SMILES string of the molecule is CCCCCCCCc1ccc(Nc2ccccc2[B]c2ccc(C(C)CC)cc2)c(B(c2ccccc2)c2ccc(C(C)(C)C)cc2)c1. The Morgan fingerprint density at radius 1 is 0.653 bits per heavy atom. The molecule has 0 fully saturated rings. The summed E-state index contributed by atoms with van der Waals surface area (Å²) in [4.78, 5) is 0. The molecular weight excluding hydrogens is 588 g/mol.